The van der Waals surface area contributed by atoms with Gasteiger partial charge < -0.3 is 25.0 Å². The molecule has 1 aliphatic rings. The van der Waals surface area contributed by atoms with Crippen LogP contribution in [-0.2, 0) is 20.9 Å². The van der Waals surface area contributed by atoms with Crippen molar-refractivity contribution >= 4 is 29.0 Å². The Balaban J connectivity index is 2.00. The second kappa shape index (κ2) is 10.8. The fourth-order valence-corrected chi connectivity index (χ4v) is 4.24. The van der Waals surface area contributed by atoms with Crippen LogP contribution < -0.4 is 31.5 Å². The second-order valence-electron chi connectivity index (χ2n) is 9.06. The van der Waals surface area contributed by atoms with E-state index in [4.69, 9.17) is 15.2 Å². The summed E-state index contributed by atoms with van der Waals surface area (Å²) in [5.74, 6) is -0.911. The highest BCUT2D eigenvalue weighted by Crippen LogP contribution is 2.35. The number of aromatic nitrogens is 2. The second-order valence-corrected chi connectivity index (χ2v) is 9.06. The number of nitrogens with two attached hydrogens (primary N) is 1. The Labute approximate surface area is 203 Å². The number of carbonyl (C=O) groups is 2. The molecule has 1 fully saturated rings. The molecule has 2 aromatic rings. The van der Waals surface area contributed by atoms with Gasteiger partial charge in [-0.25, -0.2) is 4.79 Å². The molecule has 1 saturated heterocycles. The van der Waals surface area contributed by atoms with Gasteiger partial charge in [-0.15, -0.1) is 0 Å². The molecule has 11 heteroatoms. The van der Waals surface area contributed by atoms with Gasteiger partial charge in [0, 0.05) is 33.2 Å². The van der Waals surface area contributed by atoms with Crippen LogP contribution in [0.5, 0.6) is 5.75 Å². The molecule has 1 unspecified atom stereocenters. The summed E-state index contributed by atoms with van der Waals surface area (Å²) < 4.78 is 11.8. The SMILES string of the molecule is COCCN(C(=O)C1CC(=O)N(c2cc(C)ccc2OC)C1)c1c(N)n(CC(C)C)c(=O)[nH]c1=O. The summed E-state index contributed by atoms with van der Waals surface area (Å²) in [6.45, 7) is 6.25. The predicted octanol–water partition coefficient (Wildman–Crippen LogP) is 1.12. The van der Waals surface area contributed by atoms with E-state index in [0.29, 0.717) is 11.4 Å². The number of benzene rings is 1. The number of aromatic amines is 1. The molecule has 0 saturated carbocycles. The third-order valence-corrected chi connectivity index (χ3v) is 5.92. The largest absolute Gasteiger partial charge is 0.495 e. The predicted molar refractivity (Wildman–Crippen MR) is 133 cm³/mol. The Hall–Kier alpha value is -3.60. The molecule has 1 atom stereocenters. The maximum Gasteiger partial charge on any atom is 0.330 e. The Morgan fingerprint density at radius 1 is 1.26 bits per heavy atom. The Kier molecular flexibility index (Phi) is 8.00. The molecule has 0 spiro atoms. The lowest BCUT2D eigenvalue weighted by Gasteiger charge is -2.27. The molecule has 2 amide bonds. The molecule has 35 heavy (non-hydrogen) atoms. The third kappa shape index (κ3) is 5.40. The zero-order valence-electron chi connectivity index (χ0n) is 20.8. The summed E-state index contributed by atoms with van der Waals surface area (Å²) in [4.78, 5) is 56.8. The van der Waals surface area contributed by atoms with E-state index in [0.717, 1.165) is 5.56 Å². The van der Waals surface area contributed by atoms with Crippen molar-refractivity contribution in [1.29, 1.82) is 0 Å². The van der Waals surface area contributed by atoms with Gasteiger partial charge in [-0.1, -0.05) is 19.9 Å². The minimum absolute atomic E-state index is 0.0287. The zero-order chi connectivity index (χ0) is 25.9. The van der Waals surface area contributed by atoms with Crippen molar-refractivity contribution in [3.8, 4) is 5.75 Å². The van der Waals surface area contributed by atoms with Gasteiger partial charge in [-0.05, 0) is 30.5 Å². The number of hydrogen-bond acceptors (Lipinski definition) is 7. The van der Waals surface area contributed by atoms with Crippen molar-refractivity contribution in [2.75, 3.05) is 49.4 Å². The number of carbonyl (C=O) groups excluding carboxylic acids is 2. The van der Waals surface area contributed by atoms with E-state index in [1.807, 2.05) is 32.9 Å². The molecular formula is C24H33N5O6. The third-order valence-electron chi connectivity index (χ3n) is 5.92. The van der Waals surface area contributed by atoms with Crippen molar-refractivity contribution in [2.24, 2.45) is 11.8 Å². The highest BCUT2D eigenvalue weighted by Gasteiger charge is 2.39. The number of ether oxygens (including phenoxy) is 2. The number of nitrogens with one attached hydrogen (secondary N) is 1. The quantitative estimate of drug-likeness (QED) is 0.540. The number of amides is 2. The van der Waals surface area contributed by atoms with Crippen LogP contribution in [0.15, 0.2) is 27.8 Å². The van der Waals surface area contributed by atoms with E-state index in [2.05, 4.69) is 4.98 Å². The van der Waals surface area contributed by atoms with Gasteiger partial charge in [-0.2, -0.15) is 0 Å². The van der Waals surface area contributed by atoms with Gasteiger partial charge in [0.1, 0.15) is 11.6 Å². The highest BCUT2D eigenvalue weighted by molar-refractivity contribution is 6.05. The molecule has 190 valence electrons. The number of aryl methyl sites for hydroxylation is 1. The Morgan fingerprint density at radius 3 is 2.60 bits per heavy atom. The van der Waals surface area contributed by atoms with E-state index in [1.54, 1.807) is 6.07 Å². The summed E-state index contributed by atoms with van der Waals surface area (Å²) in [7, 11) is 2.99. The minimum atomic E-state index is -0.765. The monoisotopic (exact) mass is 487 g/mol. The van der Waals surface area contributed by atoms with E-state index < -0.39 is 23.1 Å². The van der Waals surface area contributed by atoms with Crippen molar-refractivity contribution in [1.82, 2.24) is 9.55 Å². The lowest BCUT2D eigenvalue weighted by Crippen LogP contribution is -2.45. The van der Waals surface area contributed by atoms with Crippen LogP contribution in [0, 0.1) is 18.8 Å². The Bertz CT molecular complexity index is 1220. The number of rotatable bonds is 9. The average molecular weight is 488 g/mol. The first-order chi connectivity index (χ1) is 16.6. The van der Waals surface area contributed by atoms with Gasteiger partial charge >= 0.3 is 5.69 Å². The molecular weight excluding hydrogens is 454 g/mol. The Morgan fingerprint density at radius 2 is 1.97 bits per heavy atom. The van der Waals surface area contributed by atoms with Gasteiger partial charge in [0.05, 0.1) is 25.3 Å². The molecule has 1 aliphatic heterocycles. The number of methoxy groups -OCH3 is 2. The van der Waals surface area contributed by atoms with Crippen LogP contribution in [0.1, 0.15) is 25.8 Å². The summed E-state index contributed by atoms with van der Waals surface area (Å²) in [6, 6.07) is 5.48. The number of nitrogen functional groups attached to an aromatic ring is 1. The van der Waals surface area contributed by atoms with Crippen molar-refractivity contribution in [3.05, 3.63) is 44.6 Å². The molecule has 0 radical (unpaired) electrons. The van der Waals surface area contributed by atoms with Crippen molar-refractivity contribution < 1.29 is 19.1 Å². The van der Waals surface area contributed by atoms with Gasteiger partial charge in [-0.3, -0.25) is 23.9 Å². The lowest BCUT2D eigenvalue weighted by atomic mass is 10.1. The standard InChI is InChI=1S/C24H33N5O6/c1-14(2)12-29-21(25)20(22(31)26-24(29)33)27(8-9-34-4)23(32)16-11-19(30)28(13-16)17-10-15(3)6-7-18(17)35-5/h6-7,10,14,16H,8-9,11-13,25H2,1-5H3,(H,26,31,33). The van der Waals surface area contributed by atoms with E-state index in [9.17, 15) is 19.2 Å². The fraction of sp³-hybridized carbons (Fsp3) is 0.500. The average Bonchev–Trinajstić information content (AvgIpc) is 3.19. The normalized spacial score (nSPS) is 15.7. The van der Waals surface area contributed by atoms with Gasteiger partial charge in [0.2, 0.25) is 11.8 Å². The fourth-order valence-electron chi connectivity index (χ4n) is 4.24. The van der Waals surface area contributed by atoms with Crippen LogP contribution in [0.2, 0.25) is 0 Å². The first kappa shape index (κ1) is 26.0. The summed E-state index contributed by atoms with van der Waals surface area (Å²) >= 11 is 0. The molecule has 3 rings (SSSR count). The molecule has 2 heterocycles. The first-order valence-electron chi connectivity index (χ1n) is 11.5. The van der Waals surface area contributed by atoms with Gasteiger partial charge in [0.25, 0.3) is 5.56 Å². The molecule has 11 nitrogen and oxygen atoms in total. The van der Waals surface area contributed by atoms with Crippen LogP contribution in [0.4, 0.5) is 17.2 Å². The van der Waals surface area contributed by atoms with Crippen molar-refractivity contribution in [3.63, 3.8) is 0 Å². The molecule has 1 aromatic carbocycles. The first-order valence-corrected chi connectivity index (χ1v) is 11.5. The molecule has 3 N–H and O–H groups in total. The van der Waals surface area contributed by atoms with Crippen LogP contribution in [0.25, 0.3) is 0 Å². The van der Waals surface area contributed by atoms with E-state index >= 15 is 0 Å². The molecule has 1 aromatic heterocycles. The maximum atomic E-state index is 13.7. The maximum absolute atomic E-state index is 13.7. The van der Waals surface area contributed by atoms with Crippen LogP contribution in [-0.4, -0.2) is 55.3 Å². The number of hydrogen-bond donors (Lipinski definition) is 2. The summed E-state index contributed by atoms with van der Waals surface area (Å²) in [5.41, 5.74) is 6.26. The number of H-pyrrole nitrogens is 1. The van der Waals surface area contributed by atoms with Crippen LogP contribution in [0.3, 0.4) is 0 Å². The summed E-state index contributed by atoms with van der Waals surface area (Å²) in [5, 5.41) is 0. The lowest BCUT2D eigenvalue weighted by molar-refractivity contribution is -0.124. The van der Waals surface area contributed by atoms with Gasteiger partial charge in [0.15, 0.2) is 5.69 Å². The number of nitrogens with zero attached hydrogens (tertiary/aromatic N) is 3. The topological polar surface area (TPSA) is 140 Å². The van der Waals surface area contributed by atoms with Crippen LogP contribution >= 0.6 is 0 Å². The number of anilines is 3. The smallest absolute Gasteiger partial charge is 0.330 e. The zero-order valence-corrected chi connectivity index (χ0v) is 20.8. The minimum Gasteiger partial charge on any atom is -0.495 e. The van der Waals surface area contributed by atoms with Crippen molar-refractivity contribution in [2.45, 2.75) is 33.7 Å². The highest BCUT2D eigenvalue weighted by atomic mass is 16.5. The van der Waals surface area contributed by atoms with E-state index in [1.165, 1.54) is 28.6 Å². The summed E-state index contributed by atoms with van der Waals surface area (Å²) in [6.07, 6.45) is -0.0388. The molecule has 0 aliphatic carbocycles. The molecule has 0 bridgehead atoms. The van der Waals surface area contributed by atoms with E-state index in [-0.39, 0.29) is 56.0 Å².